The fraction of sp³-hybridized carbons (Fsp3) is 0.167. The maximum atomic E-state index is 11.8. The Labute approximate surface area is 129 Å². The van der Waals surface area contributed by atoms with Gasteiger partial charge < -0.3 is 5.11 Å². The molecule has 112 valence electrons. The number of rotatable bonds is 4. The Morgan fingerprint density at radius 3 is 2.18 bits per heavy atom. The van der Waals surface area contributed by atoms with E-state index in [1.165, 1.54) is 12.2 Å². The van der Waals surface area contributed by atoms with Gasteiger partial charge in [0.1, 0.15) is 5.75 Å². The van der Waals surface area contributed by atoms with Crippen molar-refractivity contribution in [3.8, 4) is 5.75 Å². The van der Waals surface area contributed by atoms with Crippen molar-refractivity contribution in [1.82, 2.24) is 9.97 Å². The van der Waals surface area contributed by atoms with E-state index in [4.69, 9.17) is 0 Å². The number of hydrogen-bond donors (Lipinski definition) is 1. The van der Waals surface area contributed by atoms with Gasteiger partial charge >= 0.3 is 0 Å². The van der Waals surface area contributed by atoms with E-state index in [0.29, 0.717) is 5.69 Å². The number of aromatic nitrogens is 2. The summed E-state index contributed by atoms with van der Waals surface area (Å²) in [4.78, 5) is 20.7. The van der Waals surface area contributed by atoms with Gasteiger partial charge in [-0.25, -0.2) is 4.98 Å². The Kier molecular flexibility index (Phi) is 4.84. The number of hydrogen-bond acceptors (Lipinski definition) is 4. The minimum Gasteiger partial charge on any atom is -0.508 e. The van der Waals surface area contributed by atoms with Crippen molar-refractivity contribution in [1.29, 1.82) is 0 Å². The van der Waals surface area contributed by atoms with Gasteiger partial charge in [-0.3, -0.25) is 9.78 Å². The normalized spacial score (nSPS) is 11.4. The fourth-order valence-corrected chi connectivity index (χ4v) is 1.87. The lowest BCUT2D eigenvalue weighted by Gasteiger charge is -2.03. The molecule has 1 heterocycles. The smallest absolute Gasteiger partial charge is 0.178 e. The van der Waals surface area contributed by atoms with Gasteiger partial charge in [0.05, 0.1) is 22.8 Å². The number of ketones is 1. The number of aryl methyl sites for hydroxylation is 3. The first-order chi connectivity index (χ1) is 10.5. The summed E-state index contributed by atoms with van der Waals surface area (Å²) in [5, 5.41) is 9.20. The van der Waals surface area contributed by atoms with Gasteiger partial charge in [-0.1, -0.05) is 18.2 Å². The largest absolute Gasteiger partial charge is 0.508 e. The number of aromatic hydroxyl groups is 1. The number of phenolic OH excluding ortho intramolecular Hbond substituents is 1. The van der Waals surface area contributed by atoms with E-state index in [2.05, 4.69) is 9.97 Å². The van der Waals surface area contributed by atoms with Gasteiger partial charge in [-0.15, -0.1) is 0 Å². The summed E-state index contributed by atoms with van der Waals surface area (Å²) in [6.07, 6.45) is 6.33. The number of nitrogens with zero attached hydrogens (tertiary/aromatic N) is 2. The molecule has 0 fully saturated rings. The highest BCUT2D eigenvalue weighted by Gasteiger charge is 2.02. The van der Waals surface area contributed by atoms with Crippen molar-refractivity contribution >= 4 is 17.9 Å². The van der Waals surface area contributed by atoms with Gasteiger partial charge in [-0.2, -0.15) is 0 Å². The van der Waals surface area contributed by atoms with E-state index in [9.17, 15) is 9.90 Å². The summed E-state index contributed by atoms with van der Waals surface area (Å²) in [5.74, 6) is 0.0691. The third-order valence-corrected chi connectivity index (χ3v) is 3.26. The molecule has 0 bridgehead atoms. The molecule has 4 nitrogen and oxygen atoms in total. The summed E-state index contributed by atoms with van der Waals surface area (Å²) in [5.41, 5.74) is 4.11. The van der Waals surface area contributed by atoms with Crippen LogP contribution in [0.5, 0.6) is 5.75 Å². The second-order valence-corrected chi connectivity index (χ2v) is 5.03. The predicted octanol–water partition coefficient (Wildman–Crippen LogP) is 3.40. The van der Waals surface area contributed by atoms with E-state index in [1.807, 2.05) is 20.8 Å². The number of benzene rings is 1. The van der Waals surface area contributed by atoms with E-state index >= 15 is 0 Å². The molecule has 1 aromatic carbocycles. The minimum atomic E-state index is -0.132. The van der Waals surface area contributed by atoms with Crippen LogP contribution in [0.3, 0.4) is 0 Å². The Hall–Kier alpha value is -2.75. The van der Waals surface area contributed by atoms with Crippen molar-refractivity contribution < 1.29 is 9.90 Å². The number of phenols is 1. The number of carbonyl (C=O) groups excluding carboxylic acids is 1. The highest BCUT2D eigenvalue weighted by molar-refractivity contribution is 6.04. The first kappa shape index (κ1) is 15.6. The maximum Gasteiger partial charge on any atom is 0.178 e. The predicted molar refractivity (Wildman–Crippen MR) is 87.4 cm³/mol. The molecular formula is C18H18N2O2. The third-order valence-electron chi connectivity index (χ3n) is 3.26. The van der Waals surface area contributed by atoms with E-state index in [1.54, 1.807) is 36.4 Å². The molecule has 0 amide bonds. The van der Waals surface area contributed by atoms with E-state index < -0.39 is 0 Å². The molecule has 0 saturated heterocycles. The molecule has 2 aromatic rings. The summed E-state index contributed by atoms with van der Waals surface area (Å²) in [7, 11) is 0. The molecule has 4 heteroatoms. The van der Waals surface area contributed by atoms with Gasteiger partial charge in [0.2, 0.25) is 0 Å². The van der Waals surface area contributed by atoms with Crippen LogP contribution in [0, 0.1) is 20.8 Å². The lowest BCUT2D eigenvalue weighted by atomic mass is 10.2. The van der Waals surface area contributed by atoms with Crippen molar-refractivity contribution in [3.05, 3.63) is 64.8 Å². The van der Waals surface area contributed by atoms with Crippen molar-refractivity contribution in [2.24, 2.45) is 0 Å². The molecule has 1 N–H and O–H groups in total. The van der Waals surface area contributed by atoms with Gasteiger partial charge in [-0.05, 0) is 56.7 Å². The van der Waals surface area contributed by atoms with Crippen molar-refractivity contribution in [2.45, 2.75) is 20.8 Å². The van der Waals surface area contributed by atoms with Crippen LogP contribution in [0.15, 0.2) is 36.4 Å². The van der Waals surface area contributed by atoms with E-state index in [0.717, 1.165) is 22.6 Å². The Morgan fingerprint density at radius 2 is 1.50 bits per heavy atom. The topological polar surface area (TPSA) is 63.1 Å². The zero-order valence-electron chi connectivity index (χ0n) is 12.9. The van der Waals surface area contributed by atoms with Crippen LogP contribution in [0.1, 0.15) is 28.3 Å². The first-order valence-electron chi connectivity index (χ1n) is 6.96. The monoisotopic (exact) mass is 294 g/mol. The van der Waals surface area contributed by atoms with Crippen LogP contribution >= 0.6 is 0 Å². The van der Waals surface area contributed by atoms with Crippen LogP contribution in [-0.2, 0) is 4.79 Å². The standard InChI is InChI=1S/C18H18N2O2/c1-12-13(2)20-18(14(3)19-12)11-10-17(22)9-6-15-4-7-16(21)8-5-15/h4-11,21H,1-3H3/b9-6+,11-10+. The second-order valence-electron chi connectivity index (χ2n) is 5.03. The molecule has 0 spiro atoms. The quantitative estimate of drug-likeness (QED) is 0.878. The average molecular weight is 294 g/mol. The molecule has 2 rings (SSSR count). The molecule has 0 aliphatic heterocycles. The van der Waals surface area contributed by atoms with Crippen LogP contribution in [0.2, 0.25) is 0 Å². The van der Waals surface area contributed by atoms with Crippen molar-refractivity contribution in [2.75, 3.05) is 0 Å². The van der Waals surface area contributed by atoms with E-state index in [-0.39, 0.29) is 11.5 Å². The van der Waals surface area contributed by atoms with Crippen LogP contribution in [0.25, 0.3) is 12.2 Å². The van der Waals surface area contributed by atoms with Gasteiger partial charge in [0.25, 0.3) is 0 Å². The molecular weight excluding hydrogens is 276 g/mol. The lowest BCUT2D eigenvalue weighted by molar-refractivity contribution is -0.110. The molecule has 0 atom stereocenters. The molecule has 0 aliphatic rings. The van der Waals surface area contributed by atoms with Crippen LogP contribution in [-0.4, -0.2) is 20.9 Å². The summed E-state index contributed by atoms with van der Waals surface area (Å²) >= 11 is 0. The second kappa shape index (κ2) is 6.80. The lowest BCUT2D eigenvalue weighted by Crippen LogP contribution is -1.99. The fourth-order valence-electron chi connectivity index (χ4n) is 1.87. The molecule has 0 saturated carbocycles. The van der Waals surface area contributed by atoms with Crippen molar-refractivity contribution in [3.63, 3.8) is 0 Å². The summed E-state index contributed by atoms with van der Waals surface area (Å²) < 4.78 is 0. The average Bonchev–Trinajstić information content (AvgIpc) is 2.49. The Bertz CT molecular complexity index is 744. The number of carbonyl (C=O) groups is 1. The molecule has 0 aliphatic carbocycles. The Balaban J connectivity index is 2.08. The highest BCUT2D eigenvalue weighted by Crippen LogP contribution is 2.11. The van der Waals surface area contributed by atoms with Crippen LogP contribution in [0.4, 0.5) is 0 Å². The zero-order chi connectivity index (χ0) is 16.1. The highest BCUT2D eigenvalue weighted by atomic mass is 16.3. The number of allylic oxidation sites excluding steroid dienone is 2. The van der Waals surface area contributed by atoms with Gasteiger partial charge in [0, 0.05) is 0 Å². The third kappa shape index (κ3) is 4.12. The molecule has 0 radical (unpaired) electrons. The summed E-state index contributed by atoms with van der Waals surface area (Å²) in [6, 6.07) is 6.63. The Morgan fingerprint density at radius 1 is 0.909 bits per heavy atom. The first-order valence-corrected chi connectivity index (χ1v) is 6.96. The molecule has 0 unspecified atom stereocenters. The minimum absolute atomic E-state index is 0.132. The molecule has 22 heavy (non-hydrogen) atoms. The summed E-state index contributed by atoms with van der Waals surface area (Å²) in [6.45, 7) is 5.68. The van der Waals surface area contributed by atoms with Gasteiger partial charge in [0.15, 0.2) is 5.78 Å². The molecule has 1 aromatic heterocycles. The zero-order valence-corrected chi connectivity index (χ0v) is 12.9. The maximum absolute atomic E-state index is 11.8. The van der Waals surface area contributed by atoms with Crippen LogP contribution < -0.4 is 0 Å². The SMILES string of the molecule is Cc1nc(C)c(/C=C/C(=O)/C=C/c2ccc(O)cc2)nc1C.